The Morgan fingerprint density at radius 3 is 2.66 bits per heavy atom. The van der Waals surface area contributed by atoms with Gasteiger partial charge in [0.25, 0.3) is 11.8 Å². The van der Waals surface area contributed by atoms with Crippen LogP contribution in [0.5, 0.6) is 5.75 Å². The van der Waals surface area contributed by atoms with Gasteiger partial charge in [0.2, 0.25) is 5.95 Å². The van der Waals surface area contributed by atoms with Crippen LogP contribution in [0.4, 0.5) is 5.95 Å². The first-order valence-corrected chi connectivity index (χ1v) is 11.8. The molecule has 1 heterocycles. The zero-order chi connectivity index (χ0) is 24.4. The summed E-state index contributed by atoms with van der Waals surface area (Å²) in [5, 5.41) is 10.1. The molecular weight excluding hydrogens is 442 g/mol. The molecule has 2 aliphatic carbocycles. The van der Waals surface area contributed by atoms with Gasteiger partial charge in [0.15, 0.2) is 0 Å². The Bertz CT molecular complexity index is 1330. The monoisotopic (exact) mass is 469 g/mol. The Morgan fingerprint density at radius 2 is 1.89 bits per heavy atom. The van der Waals surface area contributed by atoms with E-state index in [0.29, 0.717) is 23.3 Å². The number of terminal acetylenes is 1. The van der Waals surface area contributed by atoms with Crippen LogP contribution in [-0.4, -0.2) is 47.0 Å². The first-order valence-electron chi connectivity index (χ1n) is 11.8. The number of carbonyl (C=O) groups excluding carboxylic acids is 2. The molecule has 0 aliphatic heterocycles. The molecule has 3 N–H and O–H groups in total. The predicted octanol–water partition coefficient (Wildman–Crippen LogP) is 3.28. The number of methoxy groups -OCH3 is 1. The highest BCUT2D eigenvalue weighted by atomic mass is 16.5. The summed E-state index contributed by atoms with van der Waals surface area (Å²) in [6.45, 7) is 0. The molecular formula is C27H27N5O3. The zero-order valence-electron chi connectivity index (χ0n) is 19.5. The van der Waals surface area contributed by atoms with Crippen molar-refractivity contribution in [1.29, 1.82) is 0 Å². The minimum Gasteiger partial charge on any atom is -0.496 e. The van der Waals surface area contributed by atoms with Crippen LogP contribution in [0.15, 0.2) is 42.6 Å². The van der Waals surface area contributed by atoms with E-state index in [-0.39, 0.29) is 18.0 Å². The second-order valence-corrected chi connectivity index (χ2v) is 9.04. The quantitative estimate of drug-likeness (QED) is 0.459. The van der Waals surface area contributed by atoms with Gasteiger partial charge in [-0.3, -0.25) is 9.59 Å². The lowest BCUT2D eigenvalue weighted by Crippen LogP contribution is -2.43. The lowest BCUT2D eigenvalue weighted by molar-refractivity contribution is -0.116. The topological polar surface area (TPSA) is 105 Å². The van der Waals surface area contributed by atoms with Gasteiger partial charge in [-0.1, -0.05) is 6.07 Å². The fourth-order valence-electron chi connectivity index (χ4n) is 4.52. The summed E-state index contributed by atoms with van der Waals surface area (Å²) in [7, 11) is 1.62. The molecule has 0 radical (unpaired) electrons. The van der Waals surface area contributed by atoms with E-state index in [1.54, 1.807) is 19.4 Å². The zero-order valence-corrected chi connectivity index (χ0v) is 19.5. The SMILES string of the molecule is C#CC(=O)NC1CCCC1Nc1ncc2cc(-c3cc(C(=O)NC4CC4)ccc3OC)ccc2n1. The van der Waals surface area contributed by atoms with Crippen molar-refractivity contribution < 1.29 is 14.3 Å². The lowest BCUT2D eigenvalue weighted by atomic mass is 10.00. The fraction of sp³-hybridized carbons (Fsp3) is 0.333. The third-order valence-corrected chi connectivity index (χ3v) is 6.54. The maximum absolute atomic E-state index is 12.6. The van der Waals surface area contributed by atoms with E-state index in [1.807, 2.05) is 30.3 Å². The third kappa shape index (κ3) is 5.04. The molecule has 35 heavy (non-hydrogen) atoms. The van der Waals surface area contributed by atoms with Gasteiger partial charge < -0.3 is 20.7 Å². The van der Waals surface area contributed by atoms with E-state index in [1.165, 1.54) is 0 Å². The average molecular weight is 470 g/mol. The number of benzene rings is 2. The molecule has 2 atom stereocenters. The van der Waals surface area contributed by atoms with E-state index in [9.17, 15) is 9.59 Å². The molecule has 3 aromatic rings. The van der Waals surface area contributed by atoms with Crippen LogP contribution in [0.1, 0.15) is 42.5 Å². The molecule has 8 nitrogen and oxygen atoms in total. The first-order chi connectivity index (χ1) is 17.0. The Hall–Kier alpha value is -4.12. The van der Waals surface area contributed by atoms with Gasteiger partial charge >= 0.3 is 0 Å². The highest BCUT2D eigenvalue weighted by Crippen LogP contribution is 2.33. The van der Waals surface area contributed by atoms with Gasteiger partial charge in [-0.25, -0.2) is 9.97 Å². The van der Waals surface area contributed by atoms with Crippen molar-refractivity contribution in [3.8, 4) is 29.2 Å². The Morgan fingerprint density at radius 1 is 1.06 bits per heavy atom. The summed E-state index contributed by atoms with van der Waals surface area (Å²) >= 11 is 0. The Balaban J connectivity index is 1.38. The van der Waals surface area contributed by atoms with Gasteiger partial charge in [-0.15, -0.1) is 6.42 Å². The lowest BCUT2D eigenvalue weighted by Gasteiger charge is -2.21. The molecule has 2 aliphatic rings. The average Bonchev–Trinajstić information content (AvgIpc) is 3.60. The molecule has 178 valence electrons. The van der Waals surface area contributed by atoms with Crippen molar-refractivity contribution in [2.75, 3.05) is 12.4 Å². The van der Waals surface area contributed by atoms with Gasteiger partial charge in [-0.2, -0.15) is 0 Å². The number of carbonyl (C=O) groups is 2. The number of fused-ring (bicyclic) bond motifs is 1. The van der Waals surface area contributed by atoms with Crippen LogP contribution in [-0.2, 0) is 4.79 Å². The van der Waals surface area contributed by atoms with Crippen LogP contribution in [0.25, 0.3) is 22.0 Å². The van der Waals surface area contributed by atoms with E-state index in [2.05, 4.69) is 31.8 Å². The van der Waals surface area contributed by atoms with Crippen molar-refractivity contribution in [3.63, 3.8) is 0 Å². The van der Waals surface area contributed by atoms with E-state index >= 15 is 0 Å². The minimum absolute atomic E-state index is 0.0257. The summed E-state index contributed by atoms with van der Waals surface area (Å²) < 4.78 is 5.56. The van der Waals surface area contributed by atoms with Crippen molar-refractivity contribution in [2.24, 2.45) is 0 Å². The number of amides is 2. The number of rotatable bonds is 7. The van der Waals surface area contributed by atoms with Crippen molar-refractivity contribution >= 4 is 28.7 Å². The van der Waals surface area contributed by atoms with E-state index in [4.69, 9.17) is 11.2 Å². The Labute approximate surface area is 203 Å². The standard InChI is InChI=1S/C27H27N5O3/c1-3-25(33)30-22-5-4-6-23(22)32-27-28-15-18-13-16(7-11-21(18)31-27)20-14-17(8-12-24(20)35-2)26(34)29-19-9-10-19/h1,7-8,11-15,19,22-23H,4-6,9-10H2,2H3,(H,29,34)(H,30,33)(H,28,31,32). The van der Waals surface area contributed by atoms with Gasteiger partial charge in [0, 0.05) is 40.8 Å². The van der Waals surface area contributed by atoms with Gasteiger partial charge in [0.1, 0.15) is 5.75 Å². The number of hydrogen-bond acceptors (Lipinski definition) is 6. The molecule has 2 aromatic carbocycles. The molecule has 5 rings (SSSR count). The molecule has 2 unspecified atom stereocenters. The second kappa shape index (κ2) is 9.63. The first kappa shape index (κ1) is 22.7. The minimum atomic E-state index is -0.403. The molecule has 2 saturated carbocycles. The van der Waals surface area contributed by atoms with Crippen LogP contribution < -0.4 is 20.7 Å². The molecule has 0 spiro atoms. The summed E-state index contributed by atoms with van der Waals surface area (Å²) in [4.78, 5) is 33.3. The van der Waals surface area contributed by atoms with Crippen LogP contribution in [0.3, 0.4) is 0 Å². The van der Waals surface area contributed by atoms with Gasteiger partial charge in [0.05, 0.1) is 12.6 Å². The number of nitrogens with zero attached hydrogens (tertiary/aromatic N) is 2. The maximum Gasteiger partial charge on any atom is 0.295 e. The Kier molecular flexibility index (Phi) is 6.23. The van der Waals surface area contributed by atoms with Gasteiger partial charge in [-0.05, 0) is 73.9 Å². The summed E-state index contributed by atoms with van der Waals surface area (Å²) in [5.41, 5.74) is 3.13. The molecule has 0 bridgehead atoms. The van der Waals surface area contributed by atoms with Crippen molar-refractivity contribution in [1.82, 2.24) is 20.6 Å². The molecule has 0 saturated heterocycles. The highest BCUT2D eigenvalue weighted by Gasteiger charge is 2.29. The van der Waals surface area contributed by atoms with E-state index < -0.39 is 5.91 Å². The van der Waals surface area contributed by atoms with Crippen LogP contribution in [0, 0.1) is 12.3 Å². The summed E-state index contributed by atoms with van der Waals surface area (Å²) in [6.07, 6.45) is 11.8. The van der Waals surface area contributed by atoms with E-state index in [0.717, 1.165) is 54.1 Å². The molecule has 1 aromatic heterocycles. The number of hydrogen-bond donors (Lipinski definition) is 3. The largest absolute Gasteiger partial charge is 0.496 e. The van der Waals surface area contributed by atoms with Crippen LogP contribution in [0.2, 0.25) is 0 Å². The molecule has 2 amide bonds. The smallest absolute Gasteiger partial charge is 0.295 e. The molecule has 2 fully saturated rings. The van der Waals surface area contributed by atoms with Crippen LogP contribution >= 0.6 is 0 Å². The summed E-state index contributed by atoms with van der Waals surface area (Å²) in [6, 6.07) is 11.6. The number of aromatic nitrogens is 2. The normalized spacial score (nSPS) is 19.1. The number of ether oxygens (including phenoxy) is 1. The maximum atomic E-state index is 12.6. The molecule has 8 heteroatoms. The highest BCUT2D eigenvalue weighted by molar-refractivity contribution is 5.97. The predicted molar refractivity (Wildman–Crippen MR) is 134 cm³/mol. The summed E-state index contributed by atoms with van der Waals surface area (Å²) in [5.74, 6) is 2.83. The third-order valence-electron chi connectivity index (χ3n) is 6.54. The number of anilines is 1. The fourth-order valence-corrected chi connectivity index (χ4v) is 4.52. The number of nitrogens with one attached hydrogen (secondary N) is 3. The second-order valence-electron chi connectivity index (χ2n) is 9.04. The van der Waals surface area contributed by atoms with Crippen molar-refractivity contribution in [2.45, 2.75) is 50.2 Å². The van der Waals surface area contributed by atoms with Crippen molar-refractivity contribution in [3.05, 3.63) is 48.2 Å².